The van der Waals surface area contributed by atoms with Crippen LogP contribution in [0.2, 0.25) is 0 Å². The number of carbonyl (C=O) groups is 1. The Bertz CT molecular complexity index is 904. The number of amides is 1. The summed E-state index contributed by atoms with van der Waals surface area (Å²) in [6, 6.07) is 20.2. The summed E-state index contributed by atoms with van der Waals surface area (Å²) in [5.74, 6) is -0.0439. The van der Waals surface area contributed by atoms with E-state index in [4.69, 9.17) is 0 Å². The van der Waals surface area contributed by atoms with Gasteiger partial charge >= 0.3 is 0 Å². The summed E-state index contributed by atoms with van der Waals surface area (Å²) in [5, 5.41) is 18.6. The molecule has 0 fully saturated rings. The number of phenolic OH excluding ortho intramolecular Hbond substituents is 1. The van der Waals surface area contributed by atoms with Crippen molar-refractivity contribution in [3.63, 3.8) is 0 Å². The Labute approximate surface area is 146 Å². The molecule has 0 aliphatic heterocycles. The lowest BCUT2D eigenvalue weighted by atomic mass is 10.1. The number of benzene rings is 3. The molecule has 25 heavy (non-hydrogen) atoms. The van der Waals surface area contributed by atoms with Crippen molar-refractivity contribution in [1.29, 1.82) is 0 Å². The number of carbonyl (C=O) groups excluding carboxylic acids is 1. The largest absolute Gasteiger partial charge is 0.508 e. The van der Waals surface area contributed by atoms with E-state index in [2.05, 4.69) is 15.8 Å². The SMILES string of the molecule is CC(Nc1ccc2ccccc2c1)C(=O)N/N=C/c1ccc(O)cc1. The van der Waals surface area contributed by atoms with Gasteiger partial charge in [-0.1, -0.05) is 30.3 Å². The number of fused-ring (bicyclic) bond motifs is 1. The fraction of sp³-hybridized carbons (Fsp3) is 0.100. The smallest absolute Gasteiger partial charge is 0.262 e. The Morgan fingerprint density at radius 2 is 1.76 bits per heavy atom. The van der Waals surface area contributed by atoms with Crippen LogP contribution in [-0.4, -0.2) is 23.3 Å². The van der Waals surface area contributed by atoms with Crippen LogP contribution >= 0.6 is 0 Å². The maximum Gasteiger partial charge on any atom is 0.262 e. The van der Waals surface area contributed by atoms with Crippen LogP contribution in [0.4, 0.5) is 5.69 Å². The highest BCUT2D eigenvalue weighted by Crippen LogP contribution is 2.19. The zero-order valence-electron chi connectivity index (χ0n) is 13.8. The van der Waals surface area contributed by atoms with Gasteiger partial charge in [0.05, 0.1) is 6.21 Å². The molecule has 0 aliphatic rings. The van der Waals surface area contributed by atoms with E-state index >= 15 is 0 Å². The van der Waals surface area contributed by atoms with Gasteiger partial charge in [-0.2, -0.15) is 5.10 Å². The van der Waals surface area contributed by atoms with Gasteiger partial charge in [0.15, 0.2) is 0 Å². The number of rotatable bonds is 5. The Morgan fingerprint density at radius 3 is 2.52 bits per heavy atom. The van der Waals surface area contributed by atoms with Crippen LogP contribution in [0, 0.1) is 0 Å². The van der Waals surface area contributed by atoms with E-state index in [1.54, 1.807) is 31.2 Å². The van der Waals surface area contributed by atoms with Gasteiger partial charge in [0, 0.05) is 5.69 Å². The molecule has 1 atom stereocenters. The van der Waals surface area contributed by atoms with Crippen molar-refractivity contribution in [3.05, 3.63) is 72.3 Å². The molecule has 0 heterocycles. The molecule has 0 radical (unpaired) electrons. The maximum absolute atomic E-state index is 12.1. The Balaban J connectivity index is 1.58. The standard InChI is InChI=1S/C20H19N3O2/c1-14(20(25)23-21-13-15-6-10-19(24)11-7-15)22-18-9-8-16-4-2-3-5-17(16)12-18/h2-14,22,24H,1H3,(H,23,25)/b21-13+. The summed E-state index contributed by atoms with van der Waals surface area (Å²) < 4.78 is 0. The molecule has 3 rings (SSSR count). The van der Waals surface area contributed by atoms with Crippen molar-refractivity contribution in [1.82, 2.24) is 5.43 Å². The number of hydrogen-bond acceptors (Lipinski definition) is 4. The van der Waals surface area contributed by atoms with Crippen LogP contribution in [0.1, 0.15) is 12.5 Å². The molecule has 126 valence electrons. The van der Waals surface area contributed by atoms with Crippen molar-refractivity contribution < 1.29 is 9.90 Å². The van der Waals surface area contributed by atoms with Gasteiger partial charge in [0.2, 0.25) is 0 Å². The number of hydrazone groups is 1. The fourth-order valence-electron chi connectivity index (χ4n) is 2.42. The fourth-order valence-corrected chi connectivity index (χ4v) is 2.42. The summed E-state index contributed by atoms with van der Waals surface area (Å²) in [6.45, 7) is 1.78. The van der Waals surface area contributed by atoms with E-state index in [1.807, 2.05) is 42.5 Å². The molecule has 3 aromatic rings. The van der Waals surface area contributed by atoms with Crippen molar-refractivity contribution in [2.45, 2.75) is 13.0 Å². The van der Waals surface area contributed by atoms with Crippen LogP contribution in [0.25, 0.3) is 10.8 Å². The van der Waals surface area contributed by atoms with Gasteiger partial charge in [-0.25, -0.2) is 5.43 Å². The molecule has 3 aromatic carbocycles. The Kier molecular flexibility index (Phi) is 4.95. The number of aromatic hydroxyl groups is 1. The second kappa shape index (κ2) is 7.49. The summed E-state index contributed by atoms with van der Waals surface area (Å²) in [7, 11) is 0. The third kappa shape index (κ3) is 4.35. The lowest BCUT2D eigenvalue weighted by Crippen LogP contribution is -2.34. The zero-order chi connectivity index (χ0) is 17.6. The van der Waals surface area contributed by atoms with Crippen molar-refractivity contribution >= 4 is 28.6 Å². The molecule has 5 nitrogen and oxygen atoms in total. The summed E-state index contributed by atoms with van der Waals surface area (Å²) in [4.78, 5) is 12.1. The van der Waals surface area contributed by atoms with Crippen molar-refractivity contribution in [2.24, 2.45) is 5.10 Å². The van der Waals surface area contributed by atoms with Gasteiger partial charge < -0.3 is 10.4 Å². The average Bonchev–Trinajstić information content (AvgIpc) is 2.63. The first kappa shape index (κ1) is 16.5. The second-order valence-corrected chi connectivity index (χ2v) is 5.75. The molecule has 0 aromatic heterocycles. The van der Waals surface area contributed by atoms with E-state index in [0.717, 1.165) is 22.0 Å². The number of anilines is 1. The van der Waals surface area contributed by atoms with Crippen molar-refractivity contribution in [2.75, 3.05) is 5.32 Å². The second-order valence-electron chi connectivity index (χ2n) is 5.75. The molecule has 1 amide bonds. The first-order chi connectivity index (χ1) is 12.1. The topological polar surface area (TPSA) is 73.7 Å². The third-order valence-corrected chi connectivity index (χ3v) is 3.81. The average molecular weight is 333 g/mol. The van der Waals surface area contributed by atoms with Crippen LogP contribution in [-0.2, 0) is 4.79 Å². The van der Waals surface area contributed by atoms with Gasteiger partial charge in [0.1, 0.15) is 11.8 Å². The summed E-state index contributed by atoms with van der Waals surface area (Å²) >= 11 is 0. The normalized spacial score (nSPS) is 12.2. The Morgan fingerprint density at radius 1 is 1.04 bits per heavy atom. The highest BCUT2D eigenvalue weighted by Gasteiger charge is 2.11. The number of phenols is 1. The summed E-state index contributed by atoms with van der Waals surface area (Å²) in [5.41, 5.74) is 4.17. The number of hydrogen-bond donors (Lipinski definition) is 3. The van der Waals surface area contributed by atoms with E-state index in [-0.39, 0.29) is 11.7 Å². The van der Waals surface area contributed by atoms with E-state index < -0.39 is 6.04 Å². The first-order valence-electron chi connectivity index (χ1n) is 7.99. The monoisotopic (exact) mass is 333 g/mol. The minimum atomic E-state index is -0.432. The number of nitrogens with zero attached hydrogens (tertiary/aromatic N) is 1. The molecule has 5 heteroatoms. The molecule has 0 aliphatic carbocycles. The highest BCUT2D eigenvalue weighted by atomic mass is 16.3. The quantitative estimate of drug-likeness (QED) is 0.494. The highest BCUT2D eigenvalue weighted by molar-refractivity contribution is 5.89. The molecule has 1 unspecified atom stereocenters. The number of nitrogens with one attached hydrogen (secondary N) is 2. The van der Waals surface area contributed by atoms with Crippen LogP contribution in [0.5, 0.6) is 5.75 Å². The van der Waals surface area contributed by atoms with Gasteiger partial charge in [-0.3, -0.25) is 4.79 Å². The van der Waals surface area contributed by atoms with E-state index in [1.165, 1.54) is 6.21 Å². The van der Waals surface area contributed by atoms with Gasteiger partial charge in [-0.15, -0.1) is 0 Å². The maximum atomic E-state index is 12.1. The molecule has 0 saturated heterocycles. The lowest BCUT2D eigenvalue weighted by molar-refractivity contribution is -0.121. The minimum Gasteiger partial charge on any atom is -0.508 e. The predicted octanol–water partition coefficient (Wildman–Crippen LogP) is 3.50. The Hall–Kier alpha value is -3.34. The van der Waals surface area contributed by atoms with Crippen LogP contribution in [0.3, 0.4) is 0 Å². The van der Waals surface area contributed by atoms with E-state index in [9.17, 15) is 9.90 Å². The first-order valence-corrected chi connectivity index (χ1v) is 7.99. The molecule has 0 bridgehead atoms. The third-order valence-electron chi connectivity index (χ3n) is 3.81. The minimum absolute atomic E-state index is 0.189. The van der Waals surface area contributed by atoms with Crippen LogP contribution < -0.4 is 10.7 Å². The van der Waals surface area contributed by atoms with Crippen LogP contribution in [0.15, 0.2) is 71.8 Å². The van der Waals surface area contributed by atoms with Gasteiger partial charge in [0.25, 0.3) is 5.91 Å². The van der Waals surface area contributed by atoms with Crippen molar-refractivity contribution in [3.8, 4) is 5.75 Å². The lowest BCUT2D eigenvalue weighted by Gasteiger charge is -2.14. The van der Waals surface area contributed by atoms with E-state index in [0.29, 0.717) is 0 Å². The predicted molar refractivity (Wildman–Crippen MR) is 101 cm³/mol. The zero-order valence-corrected chi connectivity index (χ0v) is 13.8. The molecular weight excluding hydrogens is 314 g/mol. The molecule has 3 N–H and O–H groups in total. The molecular formula is C20H19N3O2. The van der Waals surface area contributed by atoms with Gasteiger partial charge in [-0.05, 0) is 59.7 Å². The molecule has 0 saturated carbocycles. The summed E-state index contributed by atoms with van der Waals surface area (Å²) in [6.07, 6.45) is 1.53. The molecule has 0 spiro atoms.